The van der Waals surface area contributed by atoms with Crippen molar-refractivity contribution in [1.29, 1.82) is 0 Å². The number of amides is 2. The van der Waals surface area contributed by atoms with Crippen LogP contribution in [-0.2, 0) is 19.6 Å². The molecule has 8 heteroatoms. The third-order valence-electron chi connectivity index (χ3n) is 4.89. The van der Waals surface area contributed by atoms with Crippen molar-refractivity contribution in [3.63, 3.8) is 0 Å². The maximum absolute atomic E-state index is 12.8. The number of rotatable bonds is 8. The lowest BCUT2D eigenvalue weighted by Crippen LogP contribution is -2.35. The van der Waals surface area contributed by atoms with Gasteiger partial charge in [-0.2, -0.15) is 4.31 Å². The molecule has 0 aromatic heterocycles. The number of carbonyl (C=O) groups is 2. The molecule has 2 aromatic rings. The van der Waals surface area contributed by atoms with Crippen LogP contribution in [0.1, 0.15) is 57.6 Å². The van der Waals surface area contributed by atoms with Gasteiger partial charge >= 0.3 is 0 Å². The summed E-state index contributed by atoms with van der Waals surface area (Å²) in [6, 6.07) is 11.7. The summed E-state index contributed by atoms with van der Waals surface area (Å²) in [6.45, 7) is 9.38. The first-order chi connectivity index (χ1) is 14.4. The van der Waals surface area contributed by atoms with E-state index in [1.165, 1.54) is 43.8 Å². The maximum atomic E-state index is 12.8. The van der Waals surface area contributed by atoms with Crippen molar-refractivity contribution in [2.45, 2.75) is 51.3 Å². The van der Waals surface area contributed by atoms with E-state index in [1.807, 2.05) is 12.1 Å². The Morgan fingerprint density at radius 3 is 2.06 bits per heavy atom. The molecule has 2 rings (SSSR count). The molecule has 2 N–H and O–H groups in total. The summed E-state index contributed by atoms with van der Waals surface area (Å²) in [5, 5.41) is 5.44. The lowest BCUT2D eigenvalue weighted by molar-refractivity contribution is -0.116. The van der Waals surface area contributed by atoms with Crippen molar-refractivity contribution < 1.29 is 18.0 Å². The summed E-state index contributed by atoms with van der Waals surface area (Å²) in [4.78, 5) is 23.8. The Morgan fingerprint density at radius 1 is 0.935 bits per heavy atom. The fourth-order valence-corrected chi connectivity index (χ4v) is 4.23. The van der Waals surface area contributed by atoms with Crippen LogP contribution in [0.4, 0.5) is 11.4 Å². The molecule has 7 nitrogen and oxygen atoms in total. The zero-order valence-electron chi connectivity index (χ0n) is 18.9. The van der Waals surface area contributed by atoms with Gasteiger partial charge < -0.3 is 10.6 Å². The van der Waals surface area contributed by atoms with E-state index in [1.54, 1.807) is 0 Å². The highest BCUT2D eigenvalue weighted by molar-refractivity contribution is 7.89. The minimum absolute atomic E-state index is 0.0426. The molecule has 0 aliphatic carbocycles. The van der Waals surface area contributed by atoms with Gasteiger partial charge in [0.05, 0.1) is 11.4 Å². The van der Waals surface area contributed by atoms with Crippen LogP contribution in [0.3, 0.4) is 0 Å². The van der Waals surface area contributed by atoms with E-state index >= 15 is 0 Å². The van der Waals surface area contributed by atoms with E-state index in [2.05, 4.69) is 44.4 Å². The van der Waals surface area contributed by atoms with Crippen LogP contribution in [0.15, 0.2) is 47.4 Å². The van der Waals surface area contributed by atoms with Crippen LogP contribution in [-0.4, -0.2) is 38.1 Å². The molecule has 2 amide bonds. The molecule has 0 saturated carbocycles. The second-order valence-electron chi connectivity index (χ2n) is 8.17. The number of nitrogens with zero attached hydrogens (tertiary/aromatic N) is 1. The van der Waals surface area contributed by atoms with E-state index < -0.39 is 15.9 Å². The Balaban J connectivity index is 2.14. The van der Waals surface area contributed by atoms with Gasteiger partial charge in [-0.05, 0) is 53.3 Å². The third-order valence-corrected chi connectivity index (χ3v) is 6.71. The quantitative estimate of drug-likeness (QED) is 0.638. The SMILES string of the molecule is CC(=O)Nc1ccc(S(=O)(=O)N(C)CC(=O)Nc2ccc(C(C)C)cc2C(C)C)cc1. The van der Waals surface area contributed by atoms with Gasteiger partial charge in [0.2, 0.25) is 21.8 Å². The highest BCUT2D eigenvalue weighted by atomic mass is 32.2. The normalized spacial score (nSPS) is 11.8. The molecule has 2 aromatic carbocycles. The van der Waals surface area contributed by atoms with Gasteiger partial charge in [0.25, 0.3) is 0 Å². The summed E-state index contributed by atoms with van der Waals surface area (Å²) >= 11 is 0. The van der Waals surface area contributed by atoms with Crippen LogP contribution < -0.4 is 10.6 Å². The van der Waals surface area contributed by atoms with E-state index in [0.717, 1.165) is 9.87 Å². The predicted molar refractivity (Wildman–Crippen MR) is 124 cm³/mol. The van der Waals surface area contributed by atoms with Crippen molar-refractivity contribution in [1.82, 2.24) is 4.31 Å². The largest absolute Gasteiger partial charge is 0.326 e. The molecule has 0 heterocycles. The van der Waals surface area contributed by atoms with Crippen LogP contribution in [0.25, 0.3) is 0 Å². The first-order valence-electron chi connectivity index (χ1n) is 10.2. The topological polar surface area (TPSA) is 95.6 Å². The van der Waals surface area contributed by atoms with Crippen LogP contribution in [0.5, 0.6) is 0 Å². The Labute approximate surface area is 184 Å². The first kappa shape index (κ1) is 24.6. The number of hydrogen-bond donors (Lipinski definition) is 2. The molecule has 0 aliphatic heterocycles. The average molecular weight is 446 g/mol. The molecular weight excluding hydrogens is 414 g/mol. The minimum Gasteiger partial charge on any atom is -0.326 e. The summed E-state index contributed by atoms with van der Waals surface area (Å²) in [5.74, 6) is -0.0834. The molecule has 0 atom stereocenters. The molecule has 0 aliphatic rings. The number of benzene rings is 2. The van der Waals surface area contributed by atoms with Crippen molar-refractivity contribution in [3.8, 4) is 0 Å². The molecular formula is C23H31N3O4S. The third kappa shape index (κ3) is 6.38. The summed E-state index contributed by atoms with van der Waals surface area (Å²) in [7, 11) is -2.49. The van der Waals surface area contributed by atoms with E-state index in [9.17, 15) is 18.0 Å². The Kier molecular flexibility index (Phi) is 7.97. The Morgan fingerprint density at radius 2 is 1.55 bits per heavy atom. The predicted octanol–water partition coefficient (Wildman–Crippen LogP) is 4.15. The second kappa shape index (κ2) is 10.1. The fourth-order valence-electron chi connectivity index (χ4n) is 3.10. The van der Waals surface area contributed by atoms with Gasteiger partial charge in [-0.3, -0.25) is 9.59 Å². The first-order valence-corrected chi connectivity index (χ1v) is 11.6. The van der Waals surface area contributed by atoms with Gasteiger partial charge in [0.15, 0.2) is 0 Å². The summed E-state index contributed by atoms with van der Waals surface area (Å²) in [6.07, 6.45) is 0. The number of likely N-dealkylation sites (N-methyl/N-ethyl adjacent to an activating group) is 1. The minimum atomic E-state index is -3.86. The fraction of sp³-hybridized carbons (Fsp3) is 0.391. The van der Waals surface area contributed by atoms with Crippen molar-refractivity contribution in [2.75, 3.05) is 24.2 Å². The van der Waals surface area contributed by atoms with E-state index in [4.69, 9.17) is 0 Å². The Hall–Kier alpha value is -2.71. The molecule has 0 bridgehead atoms. The van der Waals surface area contributed by atoms with Gasteiger partial charge in [-0.1, -0.05) is 39.8 Å². The smallest absolute Gasteiger partial charge is 0.243 e. The summed E-state index contributed by atoms with van der Waals surface area (Å²) in [5.41, 5.74) is 3.38. The molecule has 0 unspecified atom stereocenters. The lowest BCUT2D eigenvalue weighted by atomic mass is 9.94. The highest BCUT2D eigenvalue weighted by Gasteiger charge is 2.23. The van der Waals surface area contributed by atoms with Crippen LogP contribution in [0, 0.1) is 0 Å². The lowest BCUT2D eigenvalue weighted by Gasteiger charge is -2.20. The van der Waals surface area contributed by atoms with Gasteiger partial charge in [0, 0.05) is 25.3 Å². The van der Waals surface area contributed by atoms with Crippen LogP contribution >= 0.6 is 0 Å². The standard InChI is InChI=1S/C23H31N3O4S/c1-15(2)18-7-12-22(21(13-18)16(3)4)25-23(28)14-26(6)31(29,30)20-10-8-19(9-11-20)24-17(5)27/h7-13,15-16H,14H2,1-6H3,(H,24,27)(H,25,28). The second-order valence-corrected chi connectivity index (χ2v) is 10.2. The number of carbonyl (C=O) groups excluding carboxylic acids is 2. The number of sulfonamides is 1. The van der Waals surface area contributed by atoms with Crippen molar-refractivity contribution >= 4 is 33.2 Å². The average Bonchev–Trinajstić information content (AvgIpc) is 2.67. The Bertz CT molecular complexity index is 1040. The molecule has 0 saturated heterocycles. The molecule has 0 radical (unpaired) electrons. The zero-order chi connectivity index (χ0) is 23.3. The van der Waals surface area contributed by atoms with Crippen molar-refractivity contribution in [2.24, 2.45) is 0 Å². The summed E-state index contributed by atoms with van der Waals surface area (Å²) < 4.78 is 26.6. The molecule has 0 spiro atoms. The highest BCUT2D eigenvalue weighted by Crippen LogP contribution is 2.28. The molecule has 168 valence electrons. The molecule has 31 heavy (non-hydrogen) atoms. The number of nitrogens with one attached hydrogen (secondary N) is 2. The number of anilines is 2. The molecule has 0 fully saturated rings. The number of hydrogen-bond acceptors (Lipinski definition) is 4. The van der Waals surface area contributed by atoms with Gasteiger partial charge in [0.1, 0.15) is 0 Å². The monoisotopic (exact) mass is 445 g/mol. The van der Waals surface area contributed by atoms with E-state index in [0.29, 0.717) is 17.3 Å². The van der Waals surface area contributed by atoms with Gasteiger partial charge in [-0.15, -0.1) is 0 Å². The van der Waals surface area contributed by atoms with Crippen molar-refractivity contribution in [3.05, 3.63) is 53.6 Å². The van der Waals surface area contributed by atoms with Gasteiger partial charge in [-0.25, -0.2) is 8.42 Å². The zero-order valence-corrected chi connectivity index (χ0v) is 19.7. The van der Waals surface area contributed by atoms with E-state index in [-0.39, 0.29) is 23.3 Å². The maximum Gasteiger partial charge on any atom is 0.243 e. The van der Waals surface area contributed by atoms with Crippen LogP contribution in [0.2, 0.25) is 0 Å².